The lowest BCUT2D eigenvalue weighted by Gasteiger charge is -2.01. The van der Waals surface area contributed by atoms with Gasteiger partial charge in [0.15, 0.2) is 11.6 Å². The smallest absolute Gasteiger partial charge is 0.165 e. The van der Waals surface area contributed by atoms with Crippen LogP contribution < -0.4 is 4.74 Å². The van der Waals surface area contributed by atoms with Crippen LogP contribution in [-0.2, 0) is 6.67 Å². The highest BCUT2D eigenvalue weighted by molar-refractivity contribution is 5.28. The molecule has 1 nitrogen and oxygen atoms in total. The van der Waals surface area contributed by atoms with E-state index >= 15 is 0 Å². The fraction of sp³-hybridized carbons (Fsp3) is 0.250. The SMILES string of the molecule is COc1ccc(CF)cc1F. The van der Waals surface area contributed by atoms with E-state index in [2.05, 4.69) is 4.74 Å². The van der Waals surface area contributed by atoms with Crippen molar-refractivity contribution in [1.29, 1.82) is 0 Å². The lowest BCUT2D eigenvalue weighted by Crippen LogP contribution is -1.89. The van der Waals surface area contributed by atoms with E-state index in [1.165, 1.54) is 19.2 Å². The third kappa shape index (κ3) is 1.67. The Balaban J connectivity index is 2.99. The molecule has 0 N–H and O–H groups in total. The summed E-state index contributed by atoms with van der Waals surface area (Å²) in [5, 5.41) is 0. The van der Waals surface area contributed by atoms with Crippen molar-refractivity contribution < 1.29 is 13.5 Å². The molecule has 0 aliphatic heterocycles. The summed E-state index contributed by atoms with van der Waals surface area (Å²) in [7, 11) is 1.37. The molecule has 0 aliphatic rings. The third-order valence-corrected chi connectivity index (χ3v) is 1.37. The molecule has 0 aromatic heterocycles. The average molecular weight is 158 g/mol. The number of hydrogen-bond donors (Lipinski definition) is 0. The molecule has 1 rings (SSSR count). The van der Waals surface area contributed by atoms with Gasteiger partial charge >= 0.3 is 0 Å². The maximum atomic E-state index is 12.7. The van der Waals surface area contributed by atoms with Crippen LogP contribution in [0, 0.1) is 5.82 Å². The summed E-state index contributed by atoms with van der Waals surface area (Å²) in [6, 6.07) is 4.02. The van der Waals surface area contributed by atoms with Crippen molar-refractivity contribution in [2.45, 2.75) is 6.67 Å². The molecule has 0 saturated carbocycles. The predicted octanol–water partition coefficient (Wildman–Crippen LogP) is 2.30. The van der Waals surface area contributed by atoms with E-state index in [-0.39, 0.29) is 5.75 Å². The first-order chi connectivity index (χ1) is 5.27. The summed E-state index contributed by atoms with van der Waals surface area (Å²) < 4.78 is 29.3. The Morgan fingerprint density at radius 2 is 2.18 bits per heavy atom. The van der Waals surface area contributed by atoms with E-state index in [1.54, 1.807) is 0 Å². The fourth-order valence-corrected chi connectivity index (χ4v) is 0.793. The lowest BCUT2D eigenvalue weighted by molar-refractivity contribution is 0.385. The molecular weight excluding hydrogens is 150 g/mol. The van der Waals surface area contributed by atoms with Crippen LogP contribution in [0.1, 0.15) is 5.56 Å². The van der Waals surface area contributed by atoms with Crippen molar-refractivity contribution in [3.8, 4) is 5.75 Å². The van der Waals surface area contributed by atoms with Gasteiger partial charge in [-0.05, 0) is 17.7 Å². The molecule has 1 aromatic rings. The summed E-state index contributed by atoms with van der Waals surface area (Å²) in [6.45, 7) is -0.652. The monoisotopic (exact) mass is 158 g/mol. The molecule has 0 saturated heterocycles. The van der Waals surface area contributed by atoms with Crippen molar-refractivity contribution in [2.75, 3.05) is 7.11 Å². The summed E-state index contributed by atoms with van der Waals surface area (Å²) in [5.41, 5.74) is 0.323. The van der Waals surface area contributed by atoms with Gasteiger partial charge in [0.2, 0.25) is 0 Å². The summed E-state index contributed by atoms with van der Waals surface area (Å²) >= 11 is 0. The Hall–Kier alpha value is -1.12. The number of ether oxygens (including phenoxy) is 1. The van der Waals surface area contributed by atoms with Gasteiger partial charge in [0.05, 0.1) is 7.11 Å². The molecular formula is C8H8F2O. The number of alkyl halides is 1. The molecule has 0 aliphatic carbocycles. The minimum atomic E-state index is -0.652. The molecule has 1 aromatic carbocycles. The zero-order valence-electron chi connectivity index (χ0n) is 6.10. The molecule has 0 fully saturated rings. The van der Waals surface area contributed by atoms with E-state index in [9.17, 15) is 8.78 Å². The highest BCUT2D eigenvalue weighted by Crippen LogP contribution is 2.17. The van der Waals surface area contributed by atoms with E-state index in [1.807, 2.05) is 0 Å². The summed E-state index contributed by atoms with van der Waals surface area (Å²) in [4.78, 5) is 0. The van der Waals surface area contributed by atoms with Gasteiger partial charge in [-0.2, -0.15) is 0 Å². The first-order valence-corrected chi connectivity index (χ1v) is 3.16. The first kappa shape index (κ1) is 7.98. The second kappa shape index (κ2) is 3.32. The normalized spacial score (nSPS) is 9.73. The molecule has 0 amide bonds. The van der Waals surface area contributed by atoms with E-state index in [0.29, 0.717) is 5.56 Å². The average Bonchev–Trinajstić information content (AvgIpc) is 2.04. The molecule has 0 bridgehead atoms. The van der Waals surface area contributed by atoms with Gasteiger partial charge in [0.25, 0.3) is 0 Å². The first-order valence-electron chi connectivity index (χ1n) is 3.16. The van der Waals surface area contributed by atoms with Crippen LogP contribution in [0.5, 0.6) is 5.75 Å². The standard InChI is InChI=1S/C8H8F2O/c1-11-8-3-2-6(5-9)4-7(8)10/h2-4H,5H2,1H3. The number of benzene rings is 1. The van der Waals surface area contributed by atoms with Gasteiger partial charge in [0, 0.05) is 0 Å². The van der Waals surface area contributed by atoms with Gasteiger partial charge < -0.3 is 4.74 Å². The second-order valence-corrected chi connectivity index (χ2v) is 2.10. The molecule has 0 unspecified atom stereocenters. The topological polar surface area (TPSA) is 9.23 Å². The largest absolute Gasteiger partial charge is 0.494 e. The minimum Gasteiger partial charge on any atom is -0.494 e. The van der Waals surface area contributed by atoms with Gasteiger partial charge in [-0.25, -0.2) is 8.78 Å². The maximum absolute atomic E-state index is 12.7. The Bertz CT molecular complexity index is 248. The van der Waals surface area contributed by atoms with Crippen LogP contribution in [0.15, 0.2) is 18.2 Å². The number of methoxy groups -OCH3 is 1. The van der Waals surface area contributed by atoms with E-state index in [0.717, 1.165) is 6.07 Å². The van der Waals surface area contributed by atoms with Gasteiger partial charge in [-0.3, -0.25) is 0 Å². The van der Waals surface area contributed by atoms with Crippen LogP contribution in [0.3, 0.4) is 0 Å². The maximum Gasteiger partial charge on any atom is 0.165 e. The molecule has 11 heavy (non-hydrogen) atoms. The second-order valence-electron chi connectivity index (χ2n) is 2.10. The van der Waals surface area contributed by atoms with Crippen molar-refractivity contribution in [3.05, 3.63) is 29.6 Å². The van der Waals surface area contributed by atoms with Gasteiger partial charge in [-0.1, -0.05) is 6.07 Å². The summed E-state index contributed by atoms with van der Waals surface area (Å²) in [5.74, 6) is -0.384. The highest BCUT2D eigenvalue weighted by atomic mass is 19.1. The predicted molar refractivity (Wildman–Crippen MR) is 37.8 cm³/mol. The fourth-order valence-electron chi connectivity index (χ4n) is 0.793. The van der Waals surface area contributed by atoms with E-state index < -0.39 is 12.5 Å². The van der Waals surface area contributed by atoms with Gasteiger partial charge in [0.1, 0.15) is 6.67 Å². The Morgan fingerprint density at radius 3 is 2.64 bits per heavy atom. The Morgan fingerprint density at radius 1 is 1.45 bits per heavy atom. The molecule has 0 heterocycles. The van der Waals surface area contributed by atoms with Crippen LogP contribution in [0.2, 0.25) is 0 Å². The lowest BCUT2D eigenvalue weighted by atomic mass is 10.2. The third-order valence-electron chi connectivity index (χ3n) is 1.37. The van der Waals surface area contributed by atoms with Crippen LogP contribution in [0.25, 0.3) is 0 Å². The van der Waals surface area contributed by atoms with Crippen molar-refractivity contribution in [3.63, 3.8) is 0 Å². The number of hydrogen-bond acceptors (Lipinski definition) is 1. The molecule has 3 heteroatoms. The zero-order chi connectivity index (χ0) is 8.27. The van der Waals surface area contributed by atoms with Crippen LogP contribution >= 0.6 is 0 Å². The van der Waals surface area contributed by atoms with Gasteiger partial charge in [-0.15, -0.1) is 0 Å². The quantitative estimate of drug-likeness (QED) is 0.641. The molecule has 0 radical (unpaired) electrons. The molecule has 0 atom stereocenters. The molecule has 60 valence electrons. The molecule has 0 spiro atoms. The Kier molecular flexibility index (Phi) is 2.41. The van der Waals surface area contributed by atoms with Crippen molar-refractivity contribution >= 4 is 0 Å². The van der Waals surface area contributed by atoms with Crippen LogP contribution in [-0.4, -0.2) is 7.11 Å². The minimum absolute atomic E-state index is 0.141. The van der Waals surface area contributed by atoms with Crippen LogP contribution in [0.4, 0.5) is 8.78 Å². The zero-order valence-corrected chi connectivity index (χ0v) is 6.10. The van der Waals surface area contributed by atoms with Crippen molar-refractivity contribution in [1.82, 2.24) is 0 Å². The summed E-state index contributed by atoms with van der Waals surface area (Å²) in [6.07, 6.45) is 0. The Labute approximate surface area is 63.6 Å². The van der Waals surface area contributed by atoms with Crippen molar-refractivity contribution in [2.24, 2.45) is 0 Å². The highest BCUT2D eigenvalue weighted by Gasteiger charge is 2.01. The number of halogens is 2. The number of rotatable bonds is 2. The van der Waals surface area contributed by atoms with E-state index in [4.69, 9.17) is 0 Å².